The van der Waals surface area contributed by atoms with Crippen LogP contribution >= 0.6 is 0 Å². The number of nitrogens with zero attached hydrogens (tertiary/aromatic N) is 2. The number of carbonyl (C=O) groups excluding carboxylic acids is 1. The van der Waals surface area contributed by atoms with Crippen LogP contribution in [0.2, 0.25) is 0 Å². The first-order valence-electron chi connectivity index (χ1n) is 10.5. The Kier molecular flexibility index (Phi) is 5.38. The molecule has 1 atom stereocenters. The van der Waals surface area contributed by atoms with E-state index < -0.39 is 0 Å². The van der Waals surface area contributed by atoms with Gasteiger partial charge >= 0.3 is 6.09 Å². The van der Waals surface area contributed by atoms with Crippen molar-refractivity contribution < 1.29 is 9.53 Å². The molecule has 0 N–H and O–H groups in total. The van der Waals surface area contributed by atoms with Gasteiger partial charge in [0.15, 0.2) is 0 Å². The van der Waals surface area contributed by atoms with Crippen LogP contribution in [0, 0.1) is 19.8 Å². The second kappa shape index (κ2) is 7.94. The highest BCUT2D eigenvalue weighted by Gasteiger charge is 2.35. The van der Waals surface area contributed by atoms with Crippen molar-refractivity contribution in [2.75, 3.05) is 19.7 Å². The predicted octanol–water partition coefficient (Wildman–Crippen LogP) is 4.80. The van der Waals surface area contributed by atoms with Crippen molar-refractivity contribution in [3.8, 4) is 0 Å². The molecule has 1 aromatic carbocycles. The van der Waals surface area contributed by atoms with Crippen LogP contribution in [0.15, 0.2) is 30.5 Å². The molecule has 0 spiro atoms. The minimum absolute atomic E-state index is 0.174. The second-order valence-corrected chi connectivity index (χ2v) is 8.26. The number of benzene rings is 1. The van der Waals surface area contributed by atoms with Crippen LogP contribution in [-0.2, 0) is 17.6 Å². The average molecular weight is 379 g/mol. The van der Waals surface area contributed by atoms with Crippen molar-refractivity contribution in [3.05, 3.63) is 64.0 Å². The largest absolute Gasteiger partial charge is 0.450 e. The lowest BCUT2D eigenvalue weighted by Crippen LogP contribution is -2.40. The number of hydrogen-bond acceptors (Lipinski definition) is 3. The topological polar surface area (TPSA) is 42.4 Å². The van der Waals surface area contributed by atoms with E-state index >= 15 is 0 Å². The summed E-state index contributed by atoms with van der Waals surface area (Å²) in [5, 5.41) is 0. The van der Waals surface area contributed by atoms with Crippen molar-refractivity contribution >= 4 is 6.09 Å². The molecule has 1 aromatic heterocycles. The summed E-state index contributed by atoms with van der Waals surface area (Å²) in [6.45, 7) is 8.13. The number of aromatic nitrogens is 1. The number of ether oxygens (including phenoxy) is 1. The maximum atomic E-state index is 12.1. The third-order valence-corrected chi connectivity index (χ3v) is 6.27. The van der Waals surface area contributed by atoms with E-state index in [1.54, 1.807) is 0 Å². The van der Waals surface area contributed by atoms with Crippen LogP contribution in [-0.4, -0.2) is 35.7 Å². The summed E-state index contributed by atoms with van der Waals surface area (Å²) in [5.41, 5.74) is 8.11. The fourth-order valence-electron chi connectivity index (χ4n) is 4.90. The lowest BCUT2D eigenvalue weighted by molar-refractivity contribution is 0.0900. The molecule has 2 heterocycles. The van der Waals surface area contributed by atoms with Gasteiger partial charge in [-0.05, 0) is 74.6 Å². The Labute approximate surface area is 167 Å². The smallest absolute Gasteiger partial charge is 0.409 e. The summed E-state index contributed by atoms with van der Waals surface area (Å²) in [4.78, 5) is 18.9. The van der Waals surface area contributed by atoms with E-state index in [4.69, 9.17) is 9.72 Å². The van der Waals surface area contributed by atoms with Gasteiger partial charge in [0.1, 0.15) is 0 Å². The summed E-state index contributed by atoms with van der Waals surface area (Å²) in [7, 11) is 0. The highest BCUT2D eigenvalue weighted by atomic mass is 16.6. The molecule has 0 radical (unpaired) electrons. The van der Waals surface area contributed by atoms with Crippen molar-refractivity contribution in [1.29, 1.82) is 0 Å². The molecule has 2 aromatic rings. The third-order valence-electron chi connectivity index (χ3n) is 6.27. The molecule has 28 heavy (non-hydrogen) atoms. The van der Waals surface area contributed by atoms with Gasteiger partial charge in [0.05, 0.1) is 12.3 Å². The van der Waals surface area contributed by atoms with Crippen LogP contribution in [0.3, 0.4) is 0 Å². The summed E-state index contributed by atoms with van der Waals surface area (Å²) in [6, 6.07) is 9.24. The van der Waals surface area contributed by atoms with Gasteiger partial charge in [-0.15, -0.1) is 0 Å². The first kappa shape index (κ1) is 19.0. The predicted molar refractivity (Wildman–Crippen MR) is 111 cm³/mol. The summed E-state index contributed by atoms with van der Waals surface area (Å²) in [5.74, 6) is 0.817. The van der Waals surface area contributed by atoms with Gasteiger partial charge in [0.25, 0.3) is 0 Å². The zero-order valence-corrected chi connectivity index (χ0v) is 17.2. The number of aryl methyl sites for hydroxylation is 4. The van der Waals surface area contributed by atoms with Crippen LogP contribution < -0.4 is 0 Å². The van der Waals surface area contributed by atoms with Gasteiger partial charge in [0, 0.05) is 25.2 Å². The average Bonchev–Trinajstić information content (AvgIpc) is 2.84. The van der Waals surface area contributed by atoms with Gasteiger partial charge in [-0.2, -0.15) is 0 Å². The number of rotatable bonds is 2. The number of fused-ring (bicyclic) bond motifs is 2. The molecular formula is C24H30N2O2. The first-order valence-corrected chi connectivity index (χ1v) is 10.5. The minimum atomic E-state index is -0.174. The molecule has 0 saturated carbocycles. The van der Waals surface area contributed by atoms with Crippen molar-refractivity contribution in [1.82, 2.24) is 9.88 Å². The fourth-order valence-corrected chi connectivity index (χ4v) is 4.90. The minimum Gasteiger partial charge on any atom is -0.450 e. The van der Waals surface area contributed by atoms with E-state index in [1.807, 2.05) is 18.0 Å². The molecule has 4 nitrogen and oxygen atoms in total. The SMILES string of the molecule is CCOC(=O)N1CCC(C2c3ccc(C)cc3CCc3cc(C)cnc32)CC1. The maximum absolute atomic E-state index is 12.1. The molecule has 1 aliphatic carbocycles. The number of piperidine rings is 1. The van der Waals surface area contributed by atoms with Gasteiger partial charge in [-0.3, -0.25) is 4.98 Å². The van der Waals surface area contributed by atoms with Crippen molar-refractivity contribution in [2.24, 2.45) is 5.92 Å². The molecule has 1 saturated heterocycles. The van der Waals surface area contributed by atoms with Crippen LogP contribution in [0.25, 0.3) is 0 Å². The molecule has 0 bridgehead atoms. The summed E-state index contributed by atoms with van der Waals surface area (Å²) >= 11 is 0. The van der Waals surface area contributed by atoms with Crippen molar-refractivity contribution in [3.63, 3.8) is 0 Å². The first-order chi connectivity index (χ1) is 13.6. The van der Waals surface area contributed by atoms with E-state index in [1.165, 1.54) is 33.5 Å². The number of pyridine rings is 1. The molecule has 2 aliphatic rings. The standard InChI is InChI=1S/C24H30N2O2/c1-4-28-24(27)26-11-9-18(10-12-26)22-21-8-5-16(2)13-19(21)6-7-20-14-17(3)15-25-23(20)22/h5,8,13-15,18,22H,4,6-7,9-12H2,1-3H3. The third kappa shape index (κ3) is 3.65. The highest BCUT2D eigenvalue weighted by molar-refractivity contribution is 5.67. The normalized spacial score (nSPS) is 19.5. The highest BCUT2D eigenvalue weighted by Crippen LogP contribution is 2.42. The van der Waals surface area contributed by atoms with Crippen molar-refractivity contribution in [2.45, 2.75) is 52.4 Å². The Morgan fingerprint density at radius 2 is 1.82 bits per heavy atom. The quantitative estimate of drug-likeness (QED) is 0.754. The molecule has 4 heteroatoms. The van der Waals surface area contributed by atoms with Gasteiger partial charge in [0.2, 0.25) is 0 Å². The summed E-state index contributed by atoms with van der Waals surface area (Å²) in [6.07, 6.45) is 5.95. The number of carbonyl (C=O) groups is 1. The number of amides is 1. The number of hydrogen-bond donors (Lipinski definition) is 0. The van der Waals surface area contributed by atoms with Crippen LogP contribution in [0.1, 0.15) is 59.2 Å². The van der Waals surface area contributed by atoms with E-state index in [2.05, 4.69) is 38.1 Å². The maximum Gasteiger partial charge on any atom is 0.409 e. The monoisotopic (exact) mass is 378 g/mol. The lowest BCUT2D eigenvalue weighted by Gasteiger charge is -2.36. The van der Waals surface area contributed by atoms with E-state index in [9.17, 15) is 4.79 Å². The zero-order chi connectivity index (χ0) is 19.7. The Morgan fingerprint density at radius 1 is 1.11 bits per heavy atom. The van der Waals surface area contributed by atoms with Crippen LogP contribution in [0.5, 0.6) is 0 Å². The molecule has 4 rings (SSSR count). The molecular weight excluding hydrogens is 348 g/mol. The number of likely N-dealkylation sites (tertiary alicyclic amines) is 1. The second-order valence-electron chi connectivity index (χ2n) is 8.26. The Morgan fingerprint density at radius 3 is 2.57 bits per heavy atom. The fraction of sp³-hybridized carbons (Fsp3) is 0.500. The Bertz CT molecular complexity index is 815. The van der Waals surface area contributed by atoms with Crippen LogP contribution in [0.4, 0.5) is 4.79 Å². The van der Waals surface area contributed by atoms with Gasteiger partial charge in [-0.25, -0.2) is 4.79 Å². The molecule has 148 valence electrons. The van der Waals surface area contributed by atoms with E-state index in [0.29, 0.717) is 18.4 Å². The zero-order valence-electron chi connectivity index (χ0n) is 17.2. The Hall–Kier alpha value is -2.36. The Balaban J connectivity index is 1.67. The van der Waals surface area contributed by atoms with Gasteiger partial charge < -0.3 is 9.64 Å². The lowest BCUT2D eigenvalue weighted by atomic mass is 9.76. The molecule has 1 unspecified atom stereocenters. The van der Waals surface area contributed by atoms with E-state index in [-0.39, 0.29) is 6.09 Å². The van der Waals surface area contributed by atoms with E-state index in [0.717, 1.165) is 38.8 Å². The van der Waals surface area contributed by atoms with Gasteiger partial charge in [-0.1, -0.05) is 29.8 Å². The molecule has 1 aliphatic heterocycles. The molecule has 1 amide bonds. The molecule has 1 fully saturated rings. The summed E-state index contributed by atoms with van der Waals surface area (Å²) < 4.78 is 5.20.